The van der Waals surface area contributed by atoms with Gasteiger partial charge in [0.25, 0.3) is 0 Å². The molecule has 0 aliphatic heterocycles. The molecule has 0 unspecified atom stereocenters. The summed E-state index contributed by atoms with van der Waals surface area (Å²) in [4.78, 5) is 30.9. The summed E-state index contributed by atoms with van der Waals surface area (Å²) in [6, 6.07) is 37.2. The maximum absolute atomic E-state index is 17.0. The third-order valence-corrected chi connectivity index (χ3v) is 15.9. The van der Waals surface area contributed by atoms with Crippen molar-refractivity contribution in [3.8, 4) is 152 Å². The first-order chi connectivity index (χ1) is 48.5. The number of hydrogen-bond donors (Lipinski definition) is 2. The molecule has 0 saturated heterocycles. The summed E-state index contributed by atoms with van der Waals surface area (Å²) in [5, 5.41) is 21.8. The van der Waals surface area contributed by atoms with E-state index in [-0.39, 0.29) is 22.6 Å². The minimum absolute atomic E-state index is 0.00868. The maximum atomic E-state index is 17.0. The Bertz CT molecular complexity index is 5110. The van der Waals surface area contributed by atoms with Crippen molar-refractivity contribution in [3.05, 3.63) is 229 Å². The topological polar surface area (TPSA) is 134 Å². The van der Waals surface area contributed by atoms with E-state index in [0.29, 0.717) is 11.8 Å². The SMILES string of the molecule is CC(=O)Oc1cccc(-c2cccc(-c3c(OC(C)=O)cccc3-c3cccc(-c4[c]c(OC(F)(F)F)c(-c5cccc(O)c5)c(-c5ccccc5C(F)(F)F)c4-c4cccc(O)c4)c3OC(F)(F)F)c2C(F)(F)F)c1-c1cccc(-c2ccc(C)nc2-c2ccccc2OC(C)C)c1C(F)(F)F. The van der Waals surface area contributed by atoms with E-state index in [1.54, 1.807) is 45.0 Å². The van der Waals surface area contributed by atoms with Crippen molar-refractivity contribution in [3.63, 3.8) is 0 Å². The number of alkyl halides is 15. The highest BCUT2D eigenvalue weighted by Crippen LogP contribution is 2.59. The van der Waals surface area contributed by atoms with Gasteiger partial charge < -0.3 is 33.9 Å². The lowest BCUT2D eigenvalue weighted by Gasteiger charge is -2.27. The van der Waals surface area contributed by atoms with E-state index in [2.05, 4.69) is 15.8 Å². The molecule has 103 heavy (non-hydrogen) atoms. The maximum Gasteiger partial charge on any atom is 0.573 e. The standard InChI is InChI=1S/C78H51F15NO9/c1-40(2)99-61-32-9-7-22-56(61)72-52(36-35-41(3)94-72)51-26-13-30-57(71(51)76(85,86)87)67-48(23-15-33-62(67)100-42(4)95)50-25-12-29-58(70(50)75(82,83)84)68-49(24-16-34-63(68)101-43(5)96)53-27-14-28-54(73(53)103-78(91,92)93)59-39-64(102-77(88,89)90)66(45-18-11-20-47(98)38-45)69(65(59)44-17-10-19-46(97)37-44)55-21-6-8-31-60(55)74(79,80)81/h6-38,40,97-98H,1-5H3. The second-order valence-corrected chi connectivity index (χ2v) is 23.4. The summed E-state index contributed by atoms with van der Waals surface area (Å²) in [5.74, 6) is -8.08. The Morgan fingerprint density at radius 3 is 1.34 bits per heavy atom. The highest BCUT2D eigenvalue weighted by atomic mass is 19.4. The Morgan fingerprint density at radius 1 is 0.408 bits per heavy atom. The number of benzene rings is 10. The predicted molar refractivity (Wildman–Crippen MR) is 352 cm³/mol. The molecule has 11 rings (SSSR count). The van der Waals surface area contributed by atoms with Crippen molar-refractivity contribution >= 4 is 11.9 Å². The molecule has 0 aliphatic rings. The van der Waals surface area contributed by atoms with Gasteiger partial charge in [0, 0.05) is 75.7 Å². The summed E-state index contributed by atoms with van der Waals surface area (Å²) in [7, 11) is 0. The van der Waals surface area contributed by atoms with E-state index in [1.807, 2.05) is 0 Å². The first kappa shape index (κ1) is 72.5. The largest absolute Gasteiger partial charge is 0.573 e. The van der Waals surface area contributed by atoms with Crippen molar-refractivity contribution in [1.29, 1.82) is 0 Å². The average Bonchev–Trinajstić information content (AvgIpc) is 0.732. The van der Waals surface area contributed by atoms with Gasteiger partial charge >= 0.3 is 43.2 Å². The highest BCUT2D eigenvalue weighted by Gasteiger charge is 2.44. The smallest absolute Gasteiger partial charge is 0.508 e. The van der Waals surface area contributed by atoms with Crippen LogP contribution in [0.25, 0.3) is 111 Å². The molecule has 11 aromatic rings. The number of nitrogens with zero attached hydrogens (tertiary/aromatic N) is 1. The van der Waals surface area contributed by atoms with Crippen LogP contribution in [0.1, 0.15) is 50.1 Å². The van der Waals surface area contributed by atoms with E-state index >= 15 is 65.9 Å². The number of phenols is 2. The molecule has 25 heteroatoms. The molecule has 527 valence electrons. The van der Waals surface area contributed by atoms with Gasteiger partial charge in [0.15, 0.2) is 0 Å². The molecule has 2 N–H and O–H groups in total. The number of para-hydroxylation sites is 2. The average molecular weight is 1430 g/mol. The van der Waals surface area contributed by atoms with Gasteiger partial charge in [-0.25, -0.2) is 0 Å². The number of esters is 2. The van der Waals surface area contributed by atoms with Crippen LogP contribution in [-0.4, -0.2) is 46.0 Å². The van der Waals surface area contributed by atoms with E-state index in [9.17, 15) is 19.8 Å². The van der Waals surface area contributed by atoms with Crippen molar-refractivity contribution in [2.75, 3.05) is 0 Å². The normalized spacial score (nSPS) is 12.1. The molecular formula is C78H51F15NO9. The van der Waals surface area contributed by atoms with Crippen LogP contribution in [0.3, 0.4) is 0 Å². The zero-order valence-corrected chi connectivity index (χ0v) is 54.0. The van der Waals surface area contributed by atoms with E-state index < -0.39 is 195 Å². The monoisotopic (exact) mass is 1430 g/mol. The van der Waals surface area contributed by atoms with Gasteiger partial charge in [-0.05, 0) is 137 Å². The first-order valence-electron chi connectivity index (χ1n) is 30.8. The number of ether oxygens (including phenoxy) is 5. The zero-order valence-electron chi connectivity index (χ0n) is 54.0. The van der Waals surface area contributed by atoms with Crippen molar-refractivity contribution in [2.45, 2.75) is 72.0 Å². The number of rotatable bonds is 16. The molecule has 0 amide bonds. The molecular weight excluding hydrogens is 1380 g/mol. The lowest BCUT2D eigenvalue weighted by Crippen LogP contribution is -2.19. The molecule has 0 spiro atoms. The highest BCUT2D eigenvalue weighted by molar-refractivity contribution is 6.07. The number of phenolic OH excluding ortho intramolecular Hbond substituents is 2. The fraction of sp³-hybridized carbons (Fsp3) is 0.141. The van der Waals surface area contributed by atoms with Crippen LogP contribution in [0.15, 0.2) is 200 Å². The Labute approximate surface area is 576 Å². The minimum atomic E-state index is -5.92. The Hall–Kier alpha value is -11.8. The van der Waals surface area contributed by atoms with Crippen LogP contribution in [0.2, 0.25) is 0 Å². The number of aryl methyl sites for hydroxylation is 1. The number of carbonyl (C=O) groups excluding carboxylic acids is 2. The first-order valence-corrected chi connectivity index (χ1v) is 30.8. The van der Waals surface area contributed by atoms with Gasteiger partial charge in [-0.1, -0.05) is 140 Å². The van der Waals surface area contributed by atoms with Crippen molar-refractivity contribution in [1.82, 2.24) is 4.98 Å². The lowest BCUT2D eigenvalue weighted by atomic mass is 9.80. The van der Waals surface area contributed by atoms with Crippen molar-refractivity contribution < 1.29 is 109 Å². The van der Waals surface area contributed by atoms with Gasteiger partial charge in [-0.15, -0.1) is 26.3 Å². The second kappa shape index (κ2) is 28.0. The van der Waals surface area contributed by atoms with Gasteiger partial charge in [0.05, 0.1) is 28.5 Å². The van der Waals surface area contributed by atoms with Gasteiger partial charge in [0.2, 0.25) is 0 Å². The second-order valence-electron chi connectivity index (χ2n) is 23.4. The van der Waals surface area contributed by atoms with Crippen LogP contribution in [0, 0.1) is 13.0 Å². The number of carbonyl (C=O) groups is 2. The Balaban J connectivity index is 1.25. The van der Waals surface area contributed by atoms with Gasteiger partial charge in [-0.3, -0.25) is 14.6 Å². The molecule has 0 bridgehead atoms. The number of pyridine rings is 1. The van der Waals surface area contributed by atoms with E-state index in [1.165, 1.54) is 18.2 Å². The number of aromatic nitrogens is 1. The van der Waals surface area contributed by atoms with Crippen LogP contribution >= 0.6 is 0 Å². The molecule has 1 radical (unpaired) electrons. The predicted octanol–water partition coefficient (Wildman–Crippen LogP) is 22.8. The molecule has 0 fully saturated rings. The summed E-state index contributed by atoms with van der Waals surface area (Å²) in [6.07, 6.45) is -28.7. The van der Waals surface area contributed by atoms with Gasteiger partial charge in [-0.2, -0.15) is 39.5 Å². The number of aromatic hydroxyl groups is 2. The number of hydrogen-bond acceptors (Lipinski definition) is 10. The molecule has 0 atom stereocenters. The zero-order chi connectivity index (χ0) is 74.4. The third-order valence-electron chi connectivity index (χ3n) is 15.9. The summed E-state index contributed by atoms with van der Waals surface area (Å²) in [6.45, 7) is 6.69. The lowest BCUT2D eigenvalue weighted by molar-refractivity contribution is -0.275. The quantitative estimate of drug-likeness (QED) is 0.0547. The minimum Gasteiger partial charge on any atom is -0.508 e. The van der Waals surface area contributed by atoms with Crippen LogP contribution in [-0.2, 0) is 28.1 Å². The Kier molecular flexibility index (Phi) is 19.7. The van der Waals surface area contributed by atoms with E-state index in [4.69, 9.17) is 18.9 Å². The summed E-state index contributed by atoms with van der Waals surface area (Å²) in [5.41, 5.74) is -18.4. The molecule has 1 heterocycles. The number of halogens is 15. The Morgan fingerprint density at radius 2 is 0.835 bits per heavy atom. The van der Waals surface area contributed by atoms with Crippen molar-refractivity contribution in [2.24, 2.45) is 0 Å². The molecule has 10 aromatic carbocycles. The fourth-order valence-electron chi connectivity index (χ4n) is 12.4. The van der Waals surface area contributed by atoms with Crippen LogP contribution in [0.4, 0.5) is 65.9 Å². The molecule has 1 aromatic heterocycles. The molecule has 0 saturated carbocycles. The third kappa shape index (κ3) is 15.5. The van der Waals surface area contributed by atoms with Crippen LogP contribution in [0.5, 0.6) is 40.2 Å². The van der Waals surface area contributed by atoms with Crippen LogP contribution < -0.4 is 23.7 Å². The van der Waals surface area contributed by atoms with E-state index in [0.717, 1.165) is 166 Å². The summed E-state index contributed by atoms with van der Waals surface area (Å²) >= 11 is 0. The fourth-order valence-corrected chi connectivity index (χ4v) is 12.4. The van der Waals surface area contributed by atoms with Gasteiger partial charge in [0.1, 0.15) is 40.2 Å². The summed E-state index contributed by atoms with van der Waals surface area (Å²) < 4.78 is 266. The molecule has 10 nitrogen and oxygen atoms in total. The molecule has 0 aliphatic carbocycles.